The van der Waals surface area contributed by atoms with E-state index in [0.29, 0.717) is 10.9 Å². The Hall–Kier alpha value is 0.459. The van der Waals surface area contributed by atoms with Gasteiger partial charge in [-0.1, -0.05) is 0 Å². The van der Waals surface area contributed by atoms with Crippen LogP contribution < -0.4 is 0 Å². The summed E-state index contributed by atoms with van der Waals surface area (Å²) in [6.45, 7) is 2.43. The Balaban J connectivity index is 4.04. The number of hydrogen-bond acceptors (Lipinski definition) is 2. The summed E-state index contributed by atoms with van der Waals surface area (Å²) in [4.78, 5) is 7.07. The fourth-order valence-corrected chi connectivity index (χ4v) is 4.73. The Morgan fingerprint density at radius 1 is 1.33 bits per heavy atom. The van der Waals surface area contributed by atoms with Crippen molar-refractivity contribution in [2.24, 2.45) is 0 Å². The second-order valence-electron chi connectivity index (χ2n) is 3.89. The molecule has 0 spiro atoms. The quantitative estimate of drug-likeness (QED) is 0.437. The van der Waals surface area contributed by atoms with Gasteiger partial charge in [0.1, 0.15) is 0 Å². The minimum atomic E-state index is -1.93. The molecule has 0 heterocycles. The van der Waals surface area contributed by atoms with Crippen LogP contribution in [0.3, 0.4) is 0 Å². The summed E-state index contributed by atoms with van der Waals surface area (Å²) < 4.78 is 10.8. The molecule has 0 aromatic carbocycles. The summed E-state index contributed by atoms with van der Waals surface area (Å²) >= 11 is -1.93. The van der Waals surface area contributed by atoms with E-state index in [1.54, 1.807) is 7.11 Å². The van der Waals surface area contributed by atoms with Crippen LogP contribution in [-0.4, -0.2) is 36.4 Å². The predicted octanol–water partition coefficient (Wildman–Crippen LogP) is 2.43. The molecule has 1 unspecified atom stereocenters. The molecule has 0 saturated heterocycles. The molecule has 0 saturated carbocycles. The second kappa shape index (κ2) is 6.00. The third kappa shape index (κ3) is 5.17. The first-order chi connectivity index (χ1) is 5.52. The molecule has 0 fully saturated rings. The summed E-state index contributed by atoms with van der Waals surface area (Å²) in [7, 11) is 1.66. The van der Waals surface area contributed by atoms with Gasteiger partial charge >= 0.3 is 79.8 Å². The van der Waals surface area contributed by atoms with E-state index in [1.807, 2.05) is 6.92 Å². The Morgan fingerprint density at radius 2 is 1.92 bits per heavy atom. The Kier molecular flexibility index (Phi) is 6.22. The van der Waals surface area contributed by atoms with Crippen molar-refractivity contribution >= 4 is 18.4 Å². The van der Waals surface area contributed by atoms with Crippen LogP contribution in [0, 0.1) is 0 Å². The molecule has 3 heteroatoms. The average Bonchev–Trinajstić information content (AvgIpc) is 1.95. The van der Waals surface area contributed by atoms with Gasteiger partial charge in [-0.25, -0.2) is 0 Å². The Bertz CT molecular complexity index is 138. The molecule has 72 valence electrons. The fourth-order valence-electron chi connectivity index (χ4n) is 0.910. The van der Waals surface area contributed by atoms with E-state index in [-0.39, 0.29) is 0 Å². The van der Waals surface area contributed by atoms with Crippen LogP contribution in [0.1, 0.15) is 6.92 Å². The summed E-state index contributed by atoms with van der Waals surface area (Å²) in [6.07, 6.45) is 4.21. The molecule has 0 aromatic heterocycles. The zero-order chi connectivity index (χ0) is 9.61. The monoisotopic (exact) mass is 280 g/mol. The molecule has 0 bridgehead atoms. The second-order valence-corrected chi connectivity index (χ2v) is 19.0. The van der Waals surface area contributed by atoms with Gasteiger partial charge < -0.3 is 0 Å². The molecule has 0 aliphatic heterocycles. The molecule has 0 amide bonds. The molecular weight excluding hydrogens is 259 g/mol. The SMILES string of the molecule is C/C=C/[CH](OCOC)[Sn]([CH3])([CH3])[CH3]. The van der Waals surface area contributed by atoms with Gasteiger partial charge in [-0.2, -0.15) is 0 Å². The molecule has 0 aliphatic carbocycles. The molecule has 0 radical (unpaired) electrons. The van der Waals surface area contributed by atoms with E-state index in [9.17, 15) is 0 Å². The zero-order valence-electron chi connectivity index (χ0n) is 8.76. The van der Waals surface area contributed by atoms with Crippen LogP contribution in [0.15, 0.2) is 12.2 Å². The average molecular weight is 279 g/mol. The summed E-state index contributed by atoms with van der Waals surface area (Å²) in [5.41, 5.74) is 0. The van der Waals surface area contributed by atoms with Gasteiger partial charge in [0.15, 0.2) is 0 Å². The molecule has 2 nitrogen and oxygen atoms in total. The summed E-state index contributed by atoms with van der Waals surface area (Å²) in [6, 6.07) is 0. The van der Waals surface area contributed by atoms with Crippen molar-refractivity contribution in [2.75, 3.05) is 13.9 Å². The minimum absolute atomic E-state index is 0.337. The molecule has 0 rings (SSSR count). The van der Waals surface area contributed by atoms with Crippen molar-refractivity contribution in [1.29, 1.82) is 0 Å². The first-order valence-electron chi connectivity index (χ1n) is 4.25. The molecule has 0 aliphatic rings. The fraction of sp³-hybridized carbons (Fsp3) is 0.778. The van der Waals surface area contributed by atoms with Crippen molar-refractivity contribution in [3.8, 4) is 0 Å². The van der Waals surface area contributed by atoms with Crippen LogP contribution in [-0.2, 0) is 9.47 Å². The molecular formula is C9H20O2Sn. The number of ether oxygens (including phenoxy) is 2. The molecule has 12 heavy (non-hydrogen) atoms. The van der Waals surface area contributed by atoms with E-state index < -0.39 is 18.4 Å². The van der Waals surface area contributed by atoms with Crippen LogP contribution in [0.5, 0.6) is 0 Å². The van der Waals surface area contributed by atoms with Gasteiger partial charge in [0.2, 0.25) is 0 Å². The van der Waals surface area contributed by atoms with E-state index in [4.69, 9.17) is 9.47 Å². The van der Waals surface area contributed by atoms with Gasteiger partial charge in [0, 0.05) is 0 Å². The normalized spacial score (nSPS) is 15.4. The zero-order valence-corrected chi connectivity index (χ0v) is 11.6. The van der Waals surface area contributed by atoms with Gasteiger partial charge in [-0.15, -0.1) is 0 Å². The molecule has 1 atom stereocenters. The van der Waals surface area contributed by atoms with Crippen molar-refractivity contribution in [3.63, 3.8) is 0 Å². The number of hydrogen-bond donors (Lipinski definition) is 0. The van der Waals surface area contributed by atoms with Crippen LogP contribution >= 0.6 is 0 Å². The maximum atomic E-state index is 5.58. The maximum absolute atomic E-state index is 5.58. The van der Waals surface area contributed by atoms with Crippen LogP contribution in [0.4, 0.5) is 0 Å². The summed E-state index contributed by atoms with van der Waals surface area (Å²) in [5.74, 6) is 0. The van der Waals surface area contributed by atoms with Crippen molar-refractivity contribution in [2.45, 2.75) is 25.9 Å². The number of rotatable bonds is 5. The van der Waals surface area contributed by atoms with Gasteiger partial charge in [-0.3, -0.25) is 0 Å². The third-order valence-electron chi connectivity index (χ3n) is 1.59. The predicted molar refractivity (Wildman–Crippen MR) is 54.9 cm³/mol. The molecule has 0 N–H and O–H groups in total. The van der Waals surface area contributed by atoms with Crippen molar-refractivity contribution in [3.05, 3.63) is 12.2 Å². The standard InChI is InChI=1S/C6H11O2.3CH3.Sn/c1-3-4-5-8-6-7-2;;;;/h3-5H,6H2,1-2H3;3*1H3;/b4-3+;;;;. The summed E-state index contributed by atoms with van der Waals surface area (Å²) in [5, 5.41) is 0. The third-order valence-corrected chi connectivity index (χ3v) is 7.48. The number of allylic oxidation sites excluding steroid dienone is 1. The van der Waals surface area contributed by atoms with E-state index in [1.165, 1.54) is 0 Å². The van der Waals surface area contributed by atoms with Gasteiger partial charge in [-0.05, 0) is 0 Å². The van der Waals surface area contributed by atoms with Crippen LogP contribution in [0.25, 0.3) is 0 Å². The first-order valence-corrected chi connectivity index (χ1v) is 14.5. The van der Waals surface area contributed by atoms with Crippen molar-refractivity contribution in [1.82, 2.24) is 0 Å². The van der Waals surface area contributed by atoms with Crippen LogP contribution in [0.2, 0.25) is 14.8 Å². The topological polar surface area (TPSA) is 18.5 Å². The van der Waals surface area contributed by atoms with Gasteiger partial charge in [0.05, 0.1) is 0 Å². The van der Waals surface area contributed by atoms with E-state index >= 15 is 0 Å². The van der Waals surface area contributed by atoms with E-state index in [0.717, 1.165) is 0 Å². The number of methoxy groups -OCH3 is 1. The Labute approximate surface area is 79.8 Å². The van der Waals surface area contributed by atoms with E-state index in [2.05, 4.69) is 27.0 Å². The van der Waals surface area contributed by atoms with Crippen molar-refractivity contribution < 1.29 is 9.47 Å². The Morgan fingerprint density at radius 3 is 2.25 bits per heavy atom. The first kappa shape index (κ1) is 12.5. The van der Waals surface area contributed by atoms with Gasteiger partial charge in [0.25, 0.3) is 0 Å². The molecule has 0 aromatic rings.